The quantitative estimate of drug-likeness (QED) is 0.396. The fourth-order valence-electron chi connectivity index (χ4n) is 4.71. The molecule has 2 fully saturated rings. The number of ether oxygens (including phenoxy) is 2. The van der Waals surface area contributed by atoms with Crippen molar-refractivity contribution < 1.29 is 34.1 Å². The Hall–Kier alpha value is -1.63. The van der Waals surface area contributed by atoms with Gasteiger partial charge in [-0.1, -0.05) is 6.42 Å². The molecule has 2 saturated carbocycles. The third-order valence-electron chi connectivity index (χ3n) is 6.54. The number of aliphatic hydroxyl groups excluding tert-OH is 1. The molecule has 7 nitrogen and oxygen atoms in total. The Kier molecular flexibility index (Phi) is 10.5. The van der Waals surface area contributed by atoms with Crippen molar-refractivity contribution in [3.8, 4) is 0 Å². The number of carboxylic acids is 1. The zero-order valence-corrected chi connectivity index (χ0v) is 17.4. The van der Waals surface area contributed by atoms with Gasteiger partial charge in [-0.25, -0.2) is 4.79 Å². The van der Waals surface area contributed by atoms with E-state index in [0.29, 0.717) is 18.4 Å². The average molecular weight is 413 g/mol. The van der Waals surface area contributed by atoms with Gasteiger partial charge in [0.2, 0.25) is 0 Å². The van der Waals surface area contributed by atoms with Crippen LogP contribution >= 0.6 is 0 Å². The zero-order chi connectivity index (χ0) is 21.1. The lowest BCUT2D eigenvalue weighted by Crippen LogP contribution is -2.31. The van der Waals surface area contributed by atoms with Crippen LogP contribution in [0.2, 0.25) is 0 Å². The minimum atomic E-state index is -0.671. The highest BCUT2D eigenvalue weighted by molar-refractivity contribution is 5.77. The lowest BCUT2D eigenvalue weighted by atomic mass is 9.69. The second-order valence-electron chi connectivity index (χ2n) is 8.53. The first kappa shape index (κ1) is 23.6. The number of aliphatic hydroxyl groups is 1. The Morgan fingerprint density at radius 3 is 1.83 bits per heavy atom. The Labute approximate surface area is 173 Å². The summed E-state index contributed by atoms with van der Waals surface area (Å²) in [7, 11) is 0. The predicted molar refractivity (Wildman–Crippen MR) is 106 cm³/mol. The van der Waals surface area contributed by atoms with E-state index in [9.17, 15) is 14.4 Å². The molecule has 2 N–H and O–H groups in total. The van der Waals surface area contributed by atoms with Crippen molar-refractivity contribution in [1.29, 1.82) is 0 Å². The Morgan fingerprint density at radius 1 is 0.724 bits per heavy atom. The van der Waals surface area contributed by atoms with Gasteiger partial charge in [-0.05, 0) is 82.5 Å². The molecule has 7 heteroatoms. The molecule has 0 spiro atoms. The van der Waals surface area contributed by atoms with Gasteiger partial charge < -0.3 is 19.7 Å². The Bertz CT molecular complexity index is 517. The molecule has 0 aromatic heterocycles. The Morgan fingerprint density at radius 2 is 1.28 bits per heavy atom. The number of carboxylic acid groups (broad SMARTS) is 1. The van der Waals surface area contributed by atoms with Crippen molar-refractivity contribution in [1.82, 2.24) is 0 Å². The van der Waals surface area contributed by atoms with E-state index in [1.807, 2.05) is 0 Å². The number of carbonyl (C=O) groups is 3. The fraction of sp³-hybridized carbons (Fsp3) is 0.864. The zero-order valence-electron chi connectivity index (χ0n) is 17.4. The van der Waals surface area contributed by atoms with Gasteiger partial charge in [0.05, 0.1) is 18.4 Å². The molecule has 0 aromatic carbocycles. The summed E-state index contributed by atoms with van der Waals surface area (Å²) in [6.07, 6.45) is 10.3. The van der Waals surface area contributed by atoms with E-state index in [4.69, 9.17) is 19.7 Å². The van der Waals surface area contributed by atoms with Crippen molar-refractivity contribution >= 4 is 17.9 Å². The molecular weight excluding hydrogens is 376 g/mol. The molecule has 0 aliphatic heterocycles. The standard InChI is InChI=1S/C22H36O7/c23-13-3-1-2-4-14-28-20(24)15-29-22(27)19-11-7-17(8-12-19)16-5-9-18(10-6-16)21(25)26/h16-19,23H,1-15H2,(H,25,26). The van der Waals surface area contributed by atoms with Gasteiger partial charge in [-0.2, -0.15) is 0 Å². The van der Waals surface area contributed by atoms with Crippen LogP contribution in [0.1, 0.15) is 77.0 Å². The largest absolute Gasteiger partial charge is 0.481 e. The first-order chi connectivity index (χ1) is 14.0. The van der Waals surface area contributed by atoms with E-state index < -0.39 is 11.9 Å². The number of hydrogen-bond acceptors (Lipinski definition) is 6. The number of esters is 2. The molecule has 0 amide bonds. The van der Waals surface area contributed by atoms with Crippen LogP contribution < -0.4 is 0 Å². The van der Waals surface area contributed by atoms with Crippen molar-refractivity contribution in [2.45, 2.75) is 77.0 Å². The highest BCUT2D eigenvalue weighted by Crippen LogP contribution is 2.41. The molecule has 0 atom stereocenters. The third-order valence-corrected chi connectivity index (χ3v) is 6.54. The maximum absolute atomic E-state index is 12.2. The summed E-state index contributed by atoms with van der Waals surface area (Å²) < 4.78 is 10.2. The van der Waals surface area contributed by atoms with Crippen molar-refractivity contribution in [3.63, 3.8) is 0 Å². The highest BCUT2D eigenvalue weighted by Gasteiger charge is 2.34. The minimum Gasteiger partial charge on any atom is -0.481 e. The molecule has 0 saturated heterocycles. The second kappa shape index (κ2) is 12.8. The number of carbonyl (C=O) groups excluding carboxylic acids is 2. The van der Waals surface area contributed by atoms with Gasteiger partial charge in [-0.15, -0.1) is 0 Å². The van der Waals surface area contributed by atoms with Crippen LogP contribution in [0.4, 0.5) is 0 Å². The van der Waals surface area contributed by atoms with Gasteiger partial charge in [0.1, 0.15) is 0 Å². The summed E-state index contributed by atoms with van der Waals surface area (Å²) in [6, 6.07) is 0. The summed E-state index contributed by atoms with van der Waals surface area (Å²) in [5.41, 5.74) is 0. The topological polar surface area (TPSA) is 110 Å². The smallest absolute Gasteiger partial charge is 0.344 e. The summed E-state index contributed by atoms with van der Waals surface area (Å²) in [4.78, 5) is 35.0. The second-order valence-corrected chi connectivity index (χ2v) is 8.53. The van der Waals surface area contributed by atoms with Crippen LogP contribution in [-0.2, 0) is 23.9 Å². The Balaban J connectivity index is 1.56. The van der Waals surface area contributed by atoms with E-state index in [-0.39, 0.29) is 31.0 Å². The molecule has 0 unspecified atom stereocenters. The van der Waals surface area contributed by atoms with Crippen molar-refractivity contribution in [2.24, 2.45) is 23.7 Å². The lowest BCUT2D eigenvalue weighted by molar-refractivity contribution is -0.162. The monoisotopic (exact) mass is 412 g/mol. The summed E-state index contributed by atoms with van der Waals surface area (Å²) in [5.74, 6) is -0.664. The average Bonchev–Trinajstić information content (AvgIpc) is 2.74. The molecular formula is C22H36O7. The lowest BCUT2D eigenvalue weighted by Gasteiger charge is -2.36. The van der Waals surface area contributed by atoms with Gasteiger partial charge in [0.15, 0.2) is 6.61 Å². The normalized spacial score (nSPS) is 27.2. The van der Waals surface area contributed by atoms with Gasteiger partial charge >= 0.3 is 17.9 Å². The number of rotatable bonds is 11. The molecule has 2 aliphatic rings. The van der Waals surface area contributed by atoms with Crippen LogP contribution in [-0.4, -0.2) is 47.9 Å². The molecule has 0 radical (unpaired) electrons. The predicted octanol–water partition coefficient (Wildman–Crippen LogP) is 3.32. The maximum atomic E-state index is 12.2. The van der Waals surface area contributed by atoms with Crippen LogP contribution in [0.25, 0.3) is 0 Å². The maximum Gasteiger partial charge on any atom is 0.344 e. The van der Waals surface area contributed by atoms with E-state index in [1.54, 1.807) is 0 Å². The molecule has 0 bridgehead atoms. The van der Waals surface area contributed by atoms with E-state index >= 15 is 0 Å². The van der Waals surface area contributed by atoms with Gasteiger partial charge in [0.25, 0.3) is 0 Å². The van der Waals surface area contributed by atoms with E-state index in [0.717, 1.165) is 77.0 Å². The van der Waals surface area contributed by atoms with Crippen LogP contribution in [0.3, 0.4) is 0 Å². The van der Waals surface area contributed by atoms with Crippen LogP contribution in [0, 0.1) is 23.7 Å². The van der Waals surface area contributed by atoms with Gasteiger partial charge in [0, 0.05) is 6.61 Å². The molecule has 0 heterocycles. The van der Waals surface area contributed by atoms with Gasteiger partial charge in [-0.3, -0.25) is 9.59 Å². The fourth-order valence-corrected chi connectivity index (χ4v) is 4.71. The summed E-state index contributed by atoms with van der Waals surface area (Å²) in [6.45, 7) is 0.176. The van der Waals surface area contributed by atoms with Crippen LogP contribution in [0.15, 0.2) is 0 Å². The number of unbranched alkanes of at least 4 members (excludes halogenated alkanes) is 3. The minimum absolute atomic E-state index is 0.145. The summed E-state index contributed by atoms with van der Waals surface area (Å²) >= 11 is 0. The summed E-state index contributed by atoms with van der Waals surface area (Å²) in [5, 5.41) is 17.8. The molecule has 0 aromatic rings. The van der Waals surface area contributed by atoms with E-state index in [2.05, 4.69) is 0 Å². The number of aliphatic carboxylic acids is 1. The SMILES string of the molecule is O=C(COC(=O)C1CCC(C2CCC(C(=O)O)CC2)CC1)OCCCCCCO. The molecule has 166 valence electrons. The third kappa shape index (κ3) is 8.33. The van der Waals surface area contributed by atoms with E-state index in [1.165, 1.54) is 0 Å². The first-order valence-corrected chi connectivity index (χ1v) is 11.2. The highest BCUT2D eigenvalue weighted by atomic mass is 16.6. The van der Waals surface area contributed by atoms with Crippen molar-refractivity contribution in [3.05, 3.63) is 0 Å². The molecule has 2 aliphatic carbocycles. The molecule has 2 rings (SSSR count). The molecule has 29 heavy (non-hydrogen) atoms. The number of hydrogen-bond donors (Lipinski definition) is 2. The van der Waals surface area contributed by atoms with Crippen LogP contribution in [0.5, 0.6) is 0 Å². The first-order valence-electron chi connectivity index (χ1n) is 11.2. The van der Waals surface area contributed by atoms with Crippen molar-refractivity contribution in [2.75, 3.05) is 19.8 Å².